The minimum Gasteiger partial charge on any atom is -0.504 e. The van der Waals surface area contributed by atoms with Gasteiger partial charge in [-0.05, 0) is 36.8 Å². The second-order valence-corrected chi connectivity index (χ2v) is 9.22. The van der Waals surface area contributed by atoms with E-state index in [-0.39, 0.29) is 17.2 Å². The summed E-state index contributed by atoms with van der Waals surface area (Å²) in [6, 6.07) is 23.0. The van der Waals surface area contributed by atoms with Gasteiger partial charge in [-0.25, -0.2) is 4.99 Å². The molecule has 1 atom stereocenters. The minimum absolute atomic E-state index is 0.0513. The van der Waals surface area contributed by atoms with E-state index in [4.69, 9.17) is 4.74 Å². The maximum Gasteiger partial charge on any atom is 0.271 e. The number of phenolic OH excluding ortho intramolecular Hbond substituents is 1. The normalized spacial score (nSPS) is 15.3. The second kappa shape index (κ2) is 9.67. The van der Waals surface area contributed by atoms with E-state index in [9.17, 15) is 14.7 Å². The van der Waals surface area contributed by atoms with Crippen LogP contribution in [-0.4, -0.2) is 22.7 Å². The number of carbonyl (C=O) groups is 1. The Bertz CT molecular complexity index is 1650. The van der Waals surface area contributed by atoms with Gasteiger partial charge in [-0.2, -0.15) is 0 Å². The molecule has 0 aliphatic carbocycles. The first kappa shape index (κ1) is 23.3. The van der Waals surface area contributed by atoms with Gasteiger partial charge in [0.05, 0.1) is 29.0 Å². The Labute approximate surface area is 211 Å². The van der Waals surface area contributed by atoms with Crippen molar-refractivity contribution in [2.45, 2.75) is 13.0 Å². The van der Waals surface area contributed by atoms with Gasteiger partial charge in [-0.3, -0.25) is 14.2 Å². The second-order valence-electron chi connectivity index (χ2n) is 8.21. The molecule has 0 bridgehead atoms. The van der Waals surface area contributed by atoms with Gasteiger partial charge in [0.2, 0.25) is 0 Å². The van der Waals surface area contributed by atoms with Crippen molar-refractivity contribution >= 4 is 29.0 Å². The molecule has 1 aromatic heterocycles. The van der Waals surface area contributed by atoms with E-state index in [1.165, 1.54) is 18.4 Å². The number of hydrogen-bond acceptors (Lipinski definition) is 6. The third-order valence-electron chi connectivity index (χ3n) is 5.95. The molecule has 0 saturated carbocycles. The lowest BCUT2D eigenvalue weighted by Gasteiger charge is -2.25. The Morgan fingerprint density at radius 2 is 1.75 bits per heavy atom. The number of rotatable bonds is 5. The average Bonchev–Trinajstić information content (AvgIpc) is 3.19. The summed E-state index contributed by atoms with van der Waals surface area (Å²) in [5, 5.41) is 13.5. The fourth-order valence-corrected chi connectivity index (χ4v) is 5.28. The summed E-state index contributed by atoms with van der Waals surface area (Å²) in [6.45, 7) is 1.78. The number of carbonyl (C=O) groups excluding carboxylic acids is 1. The van der Waals surface area contributed by atoms with E-state index in [1.54, 1.807) is 47.9 Å². The van der Waals surface area contributed by atoms with Crippen LogP contribution in [0.15, 0.2) is 99.9 Å². The highest BCUT2D eigenvalue weighted by Gasteiger charge is 2.32. The molecule has 1 amide bonds. The molecule has 2 N–H and O–H groups in total. The number of amides is 1. The van der Waals surface area contributed by atoms with Crippen LogP contribution < -0.4 is 24.9 Å². The predicted octanol–water partition coefficient (Wildman–Crippen LogP) is 3.59. The van der Waals surface area contributed by atoms with Gasteiger partial charge in [0.25, 0.3) is 11.5 Å². The Morgan fingerprint density at radius 3 is 2.44 bits per heavy atom. The number of allylic oxidation sites excluding steroid dienone is 1. The minimum atomic E-state index is -0.660. The molecule has 36 heavy (non-hydrogen) atoms. The Hall–Kier alpha value is -4.43. The first-order valence-corrected chi connectivity index (χ1v) is 12.1. The van der Waals surface area contributed by atoms with Gasteiger partial charge in [-0.1, -0.05) is 72.0 Å². The number of anilines is 1. The van der Waals surface area contributed by atoms with Crippen LogP contribution in [0.1, 0.15) is 24.1 Å². The number of aromatic nitrogens is 1. The van der Waals surface area contributed by atoms with Crippen LogP contribution in [0.3, 0.4) is 0 Å². The zero-order valence-corrected chi connectivity index (χ0v) is 20.5. The molecule has 1 aliphatic heterocycles. The summed E-state index contributed by atoms with van der Waals surface area (Å²) in [6.07, 6.45) is 1.62. The lowest BCUT2D eigenvalue weighted by molar-refractivity contribution is -0.113. The summed E-state index contributed by atoms with van der Waals surface area (Å²) in [4.78, 5) is 32.3. The molecule has 1 aliphatic rings. The maximum atomic E-state index is 13.7. The number of thiazole rings is 1. The summed E-state index contributed by atoms with van der Waals surface area (Å²) in [5.74, 6) is -0.0602. The van der Waals surface area contributed by atoms with Crippen molar-refractivity contribution in [3.8, 4) is 11.5 Å². The van der Waals surface area contributed by atoms with Crippen LogP contribution in [0.5, 0.6) is 11.5 Å². The number of ether oxygens (including phenoxy) is 1. The number of fused-ring (bicyclic) bond motifs is 1. The molecule has 7 nitrogen and oxygen atoms in total. The van der Waals surface area contributed by atoms with E-state index in [2.05, 4.69) is 10.3 Å². The summed E-state index contributed by atoms with van der Waals surface area (Å²) < 4.78 is 7.13. The van der Waals surface area contributed by atoms with E-state index in [0.717, 1.165) is 5.56 Å². The molecule has 2 heterocycles. The van der Waals surface area contributed by atoms with Gasteiger partial charge < -0.3 is 15.2 Å². The number of nitrogens with zero attached hydrogens (tertiary/aromatic N) is 2. The number of aromatic hydroxyl groups is 1. The van der Waals surface area contributed by atoms with E-state index < -0.39 is 6.04 Å². The molecule has 3 aromatic carbocycles. The lowest BCUT2D eigenvalue weighted by atomic mass is 9.95. The van der Waals surface area contributed by atoms with Crippen molar-refractivity contribution < 1.29 is 14.6 Å². The Kier molecular flexibility index (Phi) is 6.26. The molecule has 4 aromatic rings. The highest BCUT2D eigenvalue weighted by atomic mass is 32.1. The van der Waals surface area contributed by atoms with Gasteiger partial charge in [0.15, 0.2) is 16.3 Å². The maximum absolute atomic E-state index is 13.7. The zero-order valence-electron chi connectivity index (χ0n) is 19.6. The van der Waals surface area contributed by atoms with Crippen molar-refractivity contribution in [2.75, 3.05) is 12.4 Å². The third kappa shape index (κ3) is 4.23. The van der Waals surface area contributed by atoms with Crippen molar-refractivity contribution in [3.63, 3.8) is 0 Å². The van der Waals surface area contributed by atoms with Gasteiger partial charge >= 0.3 is 0 Å². The van der Waals surface area contributed by atoms with Crippen LogP contribution in [-0.2, 0) is 4.79 Å². The lowest BCUT2D eigenvalue weighted by Crippen LogP contribution is -2.40. The van der Waals surface area contributed by atoms with Gasteiger partial charge in [-0.15, -0.1) is 0 Å². The first-order chi connectivity index (χ1) is 17.5. The highest BCUT2D eigenvalue weighted by Crippen LogP contribution is 2.31. The van der Waals surface area contributed by atoms with Gasteiger partial charge in [0.1, 0.15) is 0 Å². The van der Waals surface area contributed by atoms with Crippen LogP contribution >= 0.6 is 11.3 Å². The predicted molar refractivity (Wildman–Crippen MR) is 140 cm³/mol. The molecule has 0 saturated heterocycles. The molecule has 0 radical (unpaired) electrons. The molecule has 8 heteroatoms. The van der Waals surface area contributed by atoms with E-state index in [1.807, 2.05) is 48.5 Å². The number of nitrogens with one attached hydrogen (secondary N) is 1. The quantitative estimate of drug-likeness (QED) is 0.441. The molecular formula is C28H23N3O4S. The van der Waals surface area contributed by atoms with Crippen LogP contribution in [0.2, 0.25) is 0 Å². The SMILES string of the molecule is COc1cccc(/C=c2/sc3n(c2=O)C(c2ccccc2)C(C(=O)Nc2ccccc2)=C(C)N=3)c1O. The molecule has 5 rings (SSSR count). The Morgan fingerprint density at radius 1 is 1.06 bits per heavy atom. The van der Waals surface area contributed by atoms with E-state index >= 15 is 0 Å². The number of hydrogen-bond donors (Lipinski definition) is 2. The zero-order chi connectivity index (χ0) is 25.2. The summed E-state index contributed by atoms with van der Waals surface area (Å²) in [7, 11) is 1.47. The van der Waals surface area contributed by atoms with E-state index in [0.29, 0.717) is 37.6 Å². The third-order valence-corrected chi connectivity index (χ3v) is 6.93. The number of methoxy groups -OCH3 is 1. The van der Waals surface area contributed by atoms with Crippen molar-refractivity contribution in [2.24, 2.45) is 4.99 Å². The van der Waals surface area contributed by atoms with Crippen molar-refractivity contribution in [3.05, 3.63) is 121 Å². The standard InChI is InChI=1S/C28H23N3O4S/c1-17-23(26(33)30-20-13-7-4-8-14-20)24(18-10-5-3-6-11-18)31-27(34)22(36-28(31)29-17)16-19-12-9-15-21(35-2)25(19)32/h3-16,24,32H,1-2H3,(H,30,33)/b22-16+. The largest absolute Gasteiger partial charge is 0.504 e. The van der Waals surface area contributed by atoms with Crippen LogP contribution in [0.25, 0.3) is 6.08 Å². The molecular weight excluding hydrogens is 474 g/mol. The monoisotopic (exact) mass is 497 g/mol. The number of benzene rings is 3. The van der Waals surface area contributed by atoms with Crippen molar-refractivity contribution in [1.82, 2.24) is 4.57 Å². The van der Waals surface area contributed by atoms with Crippen LogP contribution in [0, 0.1) is 0 Å². The highest BCUT2D eigenvalue weighted by molar-refractivity contribution is 7.07. The summed E-state index contributed by atoms with van der Waals surface area (Å²) in [5.41, 5.74) is 2.53. The van der Waals surface area contributed by atoms with Gasteiger partial charge in [0, 0.05) is 11.3 Å². The first-order valence-electron chi connectivity index (χ1n) is 11.3. The fourth-order valence-electron chi connectivity index (χ4n) is 4.24. The van der Waals surface area contributed by atoms with Crippen LogP contribution in [0.4, 0.5) is 5.69 Å². The summed E-state index contributed by atoms with van der Waals surface area (Å²) >= 11 is 1.21. The number of para-hydroxylation sites is 2. The Balaban J connectivity index is 1.68. The van der Waals surface area contributed by atoms with Crippen molar-refractivity contribution in [1.29, 1.82) is 0 Å². The smallest absolute Gasteiger partial charge is 0.271 e. The molecule has 180 valence electrons. The average molecular weight is 498 g/mol. The molecule has 0 spiro atoms. The molecule has 0 fully saturated rings. The number of phenols is 1. The molecule has 1 unspecified atom stereocenters. The fraction of sp³-hybridized carbons (Fsp3) is 0.107. The topological polar surface area (TPSA) is 92.9 Å².